The fraction of sp³-hybridized carbons (Fsp3) is 0.462. The van der Waals surface area contributed by atoms with Gasteiger partial charge < -0.3 is 24.2 Å². The van der Waals surface area contributed by atoms with Crippen LogP contribution < -0.4 is 20.0 Å². The molecular formula is C26H30N4O5. The molecule has 3 aliphatic heterocycles. The van der Waals surface area contributed by atoms with E-state index in [1.807, 2.05) is 25.1 Å². The number of nitrogens with zero attached hydrogens (tertiary/aromatic N) is 3. The number of benzene rings is 2. The van der Waals surface area contributed by atoms with E-state index in [0.29, 0.717) is 12.3 Å². The number of ether oxygens (including phenoxy) is 2. The van der Waals surface area contributed by atoms with Gasteiger partial charge in [-0.05, 0) is 42.8 Å². The molecule has 0 saturated carbocycles. The Bertz CT molecular complexity index is 1210. The highest BCUT2D eigenvalue weighted by Gasteiger charge is 2.41. The number of amides is 2. The molecule has 0 aromatic heterocycles. The molecule has 9 heteroatoms. The first kappa shape index (κ1) is 23.4. The van der Waals surface area contributed by atoms with Crippen LogP contribution in [-0.2, 0) is 23.9 Å². The number of hydrogen-bond acceptors (Lipinski definition) is 8. The molecule has 5 rings (SSSR count). The van der Waals surface area contributed by atoms with Crippen LogP contribution in [0.1, 0.15) is 25.7 Å². The van der Waals surface area contributed by atoms with Gasteiger partial charge in [-0.2, -0.15) is 0 Å². The summed E-state index contributed by atoms with van der Waals surface area (Å²) in [6, 6.07) is 9.68. The third kappa shape index (κ3) is 3.95. The smallest absolute Gasteiger partial charge is 0.249 e. The van der Waals surface area contributed by atoms with E-state index in [4.69, 9.17) is 9.47 Å². The van der Waals surface area contributed by atoms with Crippen molar-refractivity contribution in [3.05, 3.63) is 36.2 Å². The summed E-state index contributed by atoms with van der Waals surface area (Å²) < 4.78 is 10.9. The van der Waals surface area contributed by atoms with E-state index < -0.39 is 11.9 Å². The van der Waals surface area contributed by atoms with Crippen molar-refractivity contribution in [1.29, 1.82) is 0 Å². The molecule has 3 aliphatic rings. The van der Waals surface area contributed by atoms with Crippen molar-refractivity contribution in [1.82, 2.24) is 5.32 Å². The Hall–Kier alpha value is -3.39. The van der Waals surface area contributed by atoms with Crippen molar-refractivity contribution < 1.29 is 23.9 Å². The van der Waals surface area contributed by atoms with Gasteiger partial charge in [-0.15, -0.1) is 0 Å². The topological polar surface area (TPSA) is 91.4 Å². The second kappa shape index (κ2) is 9.34. The van der Waals surface area contributed by atoms with E-state index in [0.717, 1.165) is 53.8 Å². The molecule has 1 N–H and O–H groups in total. The molecule has 0 radical (unpaired) electrons. The molecule has 2 fully saturated rings. The first-order valence-corrected chi connectivity index (χ1v) is 12.0. The molecule has 9 nitrogen and oxygen atoms in total. The van der Waals surface area contributed by atoms with E-state index >= 15 is 0 Å². The maximum absolute atomic E-state index is 12.7. The van der Waals surface area contributed by atoms with Crippen molar-refractivity contribution in [3.63, 3.8) is 0 Å². The lowest BCUT2D eigenvalue weighted by atomic mass is 9.95. The molecule has 35 heavy (non-hydrogen) atoms. The minimum atomic E-state index is -0.637. The predicted molar refractivity (Wildman–Crippen MR) is 133 cm³/mol. The first-order valence-electron chi connectivity index (χ1n) is 12.0. The number of hydrogen-bond donors (Lipinski definition) is 1. The van der Waals surface area contributed by atoms with E-state index in [-0.39, 0.29) is 24.4 Å². The van der Waals surface area contributed by atoms with Gasteiger partial charge in [0.1, 0.15) is 6.04 Å². The molecule has 2 aromatic rings. The van der Waals surface area contributed by atoms with Crippen LogP contribution in [0.15, 0.2) is 36.2 Å². The zero-order valence-electron chi connectivity index (χ0n) is 20.2. The van der Waals surface area contributed by atoms with E-state index in [2.05, 4.69) is 28.4 Å². The summed E-state index contributed by atoms with van der Waals surface area (Å²) >= 11 is 0. The third-order valence-corrected chi connectivity index (χ3v) is 7.46. The quantitative estimate of drug-likeness (QED) is 0.398. The Morgan fingerprint density at radius 1 is 1.06 bits per heavy atom. The van der Waals surface area contributed by atoms with Gasteiger partial charge in [-0.1, -0.05) is 12.1 Å². The highest BCUT2D eigenvalue weighted by Crippen LogP contribution is 2.47. The fourth-order valence-electron chi connectivity index (χ4n) is 5.68. The Balaban J connectivity index is 1.49. The number of methoxy groups -OCH3 is 2. The lowest BCUT2D eigenvalue weighted by Gasteiger charge is -2.36. The predicted octanol–water partition coefficient (Wildman–Crippen LogP) is 2.41. The molecule has 0 aliphatic carbocycles. The van der Waals surface area contributed by atoms with Crippen LogP contribution in [0.25, 0.3) is 10.8 Å². The Kier molecular flexibility index (Phi) is 6.23. The zero-order chi connectivity index (χ0) is 24.7. The number of imide groups is 1. The summed E-state index contributed by atoms with van der Waals surface area (Å²) in [6.07, 6.45) is 2.34. The number of piperidine rings is 2. The molecule has 2 amide bonds. The van der Waals surface area contributed by atoms with Crippen molar-refractivity contribution in [2.75, 3.05) is 49.1 Å². The van der Waals surface area contributed by atoms with Crippen molar-refractivity contribution >= 4 is 45.6 Å². The van der Waals surface area contributed by atoms with Crippen molar-refractivity contribution in [2.45, 2.75) is 38.0 Å². The van der Waals surface area contributed by atoms with Gasteiger partial charge in [-0.25, -0.2) is 4.79 Å². The molecule has 2 aromatic carbocycles. The Morgan fingerprint density at radius 3 is 2.43 bits per heavy atom. The van der Waals surface area contributed by atoms with Crippen LogP contribution in [0.4, 0.5) is 17.1 Å². The van der Waals surface area contributed by atoms with Crippen LogP contribution in [0.2, 0.25) is 0 Å². The van der Waals surface area contributed by atoms with Crippen LogP contribution in [-0.4, -0.2) is 64.4 Å². The molecule has 0 bridgehead atoms. The highest BCUT2D eigenvalue weighted by molar-refractivity contribution is 6.10. The summed E-state index contributed by atoms with van der Waals surface area (Å²) in [4.78, 5) is 42.2. The highest BCUT2D eigenvalue weighted by atomic mass is 16.7. The summed E-state index contributed by atoms with van der Waals surface area (Å²) in [7, 11) is 5.18. The van der Waals surface area contributed by atoms with Gasteiger partial charge in [-0.3, -0.25) is 14.9 Å². The third-order valence-electron chi connectivity index (χ3n) is 7.46. The average Bonchev–Trinajstić information content (AvgIpc) is 3.16. The zero-order valence-corrected chi connectivity index (χ0v) is 20.2. The number of anilines is 3. The monoisotopic (exact) mass is 478 g/mol. The maximum Gasteiger partial charge on any atom is 0.249 e. The lowest BCUT2D eigenvalue weighted by Crippen LogP contribution is -2.52. The van der Waals surface area contributed by atoms with Crippen LogP contribution >= 0.6 is 0 Å². The Morgan fingerprint density at radius 2 is 1.77 bits per heavy atom. The molecule has 2 saturated heterocycles. The lowest BCUT2D eigenvalue weighted by molar-refractivity contribution is -0.141. The molecule has 184 valence electrons. The standard InChI is InChI=1S/C26H30N4O5/c1-28-23(15-31)30(21-8-9-22(32)27-25(21)33)20-7-5-16-4-6-18(14-19(16)24(20)28)29-12-10-17(11-13-29)26(34-2)35-3/h4-7,14,17,21,26H,8-13H2,1-3H3,(H,27,32,33). The van der Waals surface area contributed by atoms with Gasteiger partial charge in [0, 0.05) is 57.8 Å². The number of nitrogens with one attached hydrogen (secondary N) is 1. The van der Waals surface area contributed by atoms with Crippen LogP contribution in [0, 0.1) is 5.92 Å². The minimum absolute atomic E-state index is 0.183. The summed E-state index contributed by atoms with van der Waals surface area (Å²) in [6.45, 7) is 1.79. The SMILES string of the molecule is COC(OC)C1CCN(c2ccc3ccc4c(c3c2)N(C)C(=C=O)N4C2CCC(=O)NC2=O)CC1. The maximum atomic E-state index is 12.7. The summed E-state index contributed by atoms with van der Waals surface area (Å²) in [5.41, 5.74) is 2.74. The number of fused-ring (bicyclic) bond motifs is 3. The molecular weight excluding hydrogens is 448 g/mol. The fourth-order valence-corrected chi connectivity index (χ4v) is 5.68. The van der Waals surface area contributed by atoms with Crippen molar-refractivity contribution in [3.8, 4) is 0 Å². The largest absolute Gasteiger partial charge is 0.371 e. The molecule has 1 atom stereocenters. The average molecular weight is 479 g/mol. The second-order valence-electron chi connectivity index (χ2n) is 9.32. The number of rotatable bonds is 5. The van der Waals surface area contributed by atoms with Gasteiger partial charge in [0.25, 0.3) is 0 Å². The molecule has 1 unspecified atom stereocenters. The van der Waals surface area contributed by atoms with E-state index in [9.17, 15) is 14.4 Å². The van der Waals surface area contributed by atoms with Crippen LogP contribution in [0.3, 0.4) is 0 Å². The minimum Gasteiger partial charge on any atom is -0.371 e. The summed E-state index contributed by atoms with van der Waals surface area (Å²) in [5, 5.41) is 4.44. The van der Waals surface area contributed by atoms with Gasteiger partial charge in [0.05, 0.1) is 11.4 Å². The Labute approximate surface area is 204 Å². The first-order chi connectivity index (χ1) is 17.0. The second-order valence-corrected chi connectivity index (χ2v) is 9.32. The normalized spacial score (nSPS) is 21.1. The van der Waals surface area contributed by atoms with E-state index in [1.165, 1.54) is 0 Å². The van der Waals surface area contributed by atoms with Crippen molar-refractivity contribution in [2.24, 2.45) is 5.92 Å². The molecule has 3 heterocycles. The van der Waals surface area contributed by atoms with Gasteiger partial charge in [0.15, 0.2) is 12.2 Å². The summed E-state index contributed by atoms with van der Waals surface area (Å²) in [5.74, 6) is 1.99. The van der Waals surface area contributed by atoms with Gasteiger partial charge in [0.2, 0.25) is 17.6 Å². The van der Waals surface area contributed by atoms with E-state index in [1.54, 1.807) is 24.0 Å². The molecule has 0 spiro atoms. The number of carbonyl (C=O) groups is 2. The van der Waals surface area contributed by atoms with Crippen LogP contribution in [0.5, 0.6) is 0 Å². The van der Waals surface area contributed by atoms with Gasteiger partial charge >= 0.3 is 0 Å². The number of carbonyl (C=O) groups excluding carboxylic acids is 3.